The molecule has 0 aliphatic rings. The van der Waals surface area contributed by atoms with Crippen LogP contribution in [0.4, 0.5) is 11.4 Å². The third-order valence-electron chi connectivity index (χ3n) is 2.93. The van der Waals surface area contributed by atoms with Crippen LogP contribution in [0.3, 0.4) is 0 Å². The fourth-order valence-corrected chi connectivity index (χ4v) is 2.19. The fraction of sp³-hybridized carbons (Fsp3) is 0.357. The van der Waals surface area contributed by atoms with Crippen molar-refractivity contribution in [3.8, 4) is 0 Å². The summed E-state index contributed by atoms with van der Waals surface area (Å²) < 4.78 is 5.08. The molecule has 0 aliphatic carbocycles. The number of aromatic nitrogens is 2. The van der Waals surface area contributed by atoms with Crippen molar-refractivity contribution in [1.82, 2.24) is 10.1 Å². The minimum atomic E-state index is -0.207. The molecule has 0 saturated carbocycles. The van der Waals surface area contributed by atoms with Gasteiger partial charge in [-0.05, 0) is 12.1 Å². The van der Waals surface area contributed by atoms with Crippen LogP contribution in [0.2, 0.25) is 10.0 Å². The molecule has 0 atom stereocenters. The molecule has 8 heteroatoms. The number of carbonyl (C=O) groups excluding carboxylic acids is 1. The molecule has 1 heterocycles. The normalized spacial score (nSPS) is 11.0. The molecule has 2 aromatic rings. The molecule has 2 rings (SSSR count). The highest BCUT2D eigenvalue weighted by atomic mass is 35.5. The van der Waals surface area contributed by atoms with Crippen LogP contribution in [-0.4, -0.2) is 16.0 Å². The lowest BCUT2D eigenvalue weighted by Gasteiger charge is -2.07. The maximum atomic E-state index is 11.9. The van der Waals surface area contributed by atoms with Gasteiger partial charge in [0.25, 0.3) is 0 Å². The Balaban J connectivity index is 1.92. The van der Waals surface area contributed by atoms with Crippen LogP contribution < -0.4 is 11.1 Å². The van der Waals surface area contributed by atoms with E-state index in [9.17, 15) is 4.79 Å². The third-order valence-corrected chi connectivity index (χ3v) is 3.55. The third kappa shape index (κ3) is 4.11. The number of nitrogens with one attached hydrogen (secondary N) is 1. The lowest BCUT2D eigenvalue weighted by atomic mass is 10.2. The number of aryl methyl sites for hydroxylation is 1. The molecule has 3 N–H and O–H groups in total. The first kappa shape index (κ1) is 16.6. The zero-order valence-electron chi connectivity index (χ0n) is 12.2. The van der Waals surface area contributed by atoms with Gasteiger partial charge in [-0.25, -0.2) is 0 Å². The molecule has 1 aromatic heterocycles. The molecule has 118 valence electrons. The number of rotatable bonds is 5. The van der Waals surface area contributed by atoms with Crippen molar-refractivity contribution in [1.29, 1.82) is 0 Å². The van der Waals surface area contributed by atoms with Gasteiger partial charge in [-0.1, -0.05) is 42.2 Å². The fourth-order valence-electron chi connectivity index (χ4n) is 1.70. The number of carbonyl (C=O) groups is 1. The number of nitrogens with two attached hydrogens (primary N) is 1. The topological polar surface area (TPSA) is 94.0 Å². The molecular formula is C14H16Cl2N4O2. The number of nitrogens with zero attached hydrogens (tertiary/aromatic N) is 2. The lowest BCUT2D eigenvalue weighted by molar-refractivity contribution is -0.116. The maximum Gasteiger partial charge on any atom is 0.227 e. The van der Waals surface area contributed by atoms with Crippen LogP contribution >= 0.6 is 23.2 Å². The number of benzene rings is 1. The molecule has 0 spiro atoms. The Bertz CT molecular complexity index is 662. The summed E-state index contributed by atoms with van der Waals surface area (Å²) in [6.45, 7) is 3.94. The number of anilines is 2. The molecular weight excluding hydrogens is 327 g/mol. The smallest absolute Gasteiger partial charge is 0.227 e. The van der Waals surface area contributed by atoms with Gasteiger partial charge in [-0.2, -0.15) is 4.98 Å². The van der Waals surface area contributed by atoms with Crippen LogP contribution in [0.15, 0.2) is 16.7 Å². The van der Waals surface area contributed by atoms with E-state index in [-0.39, 0.29) is 23.9 Å². The Kier molecular flexibility index (Phi) is 5.26. The highest BCUT2D eigenvalue weighted by Crippen LogP contribution is 2.31. The van der Waals surface area contributed by atoms with E-state index in [0.29, 0.717) is 33.9 Å². The molecule has 0 radical (unpaired) electrons. The molecule has 22 heavy (non-hydrogen) atoms. The van der Waals surface area contributed by atoms with E-state index in [4.69, 9.17) is 33.5 Å². The van der Waals surface area contributed by atoms with Crippen molar-refractivity contribution in [3.63, 3.8) is 0 Å². The molecule has 0 saturated heterocycles. The Morgan fingerprint density at radius 2 is 2.00 bits per heavy atom. The Labute approximate surface area is 138 Å². The van der Waals surface area contributed by atoms with Crippen LogP contribution in [0, 0.1) is 0 Å². The van der Waals surface area contributed by atoms with Gasteiger partial charge < -0.3 is 15.6 Å². The van der Waals surface area contributed by atoms with Crippen molar-refractivity contribution in [2.75, 3.05) is 11.1 Å². The standard InChI is InChI=1S/C14H16Cl2N4O2/c1-7(2)14-19-12(22-20-14)4-3-11(21)18-8-5-9(15)13(17)10(16)6-8/h5-7H,3-4,17H2,1-2H3,(H,18,21). The maximum absolute atomic E-state index is 11.9. The summed E-state index contributed by atoms with van der Waals surface area (Å²) in [5.74, 6) is 1.05. The number of nitrogen functional groups attached to an aromatic ring is 1. The molecule has 0 aliphatic heterocycles. The van der Waals surface area contributed by atoms with Crippen LogP contribution in [0.1, 0.15) is 37.9 Å². The summed E-state index contributed by atoms with van der Waals surface area (Å²) in [4.78, 5) is 16.1. The minimum Gasteiger partial charge on any atom is -0.396 e. The summed E-state index contributed by atoms with van der Waals surface area (Å²) in [5.41, 5.74) is 6.41. The molecule has 6 nitrogen and oxygen atoms in total. The first-order chi connectivity index (χ1) is 10.4. The van der Waals surface area contributed by atoms with Gasteiger partial charge in [0, 0.05) is 24.4 Å². The number of hydrogen-bond donors (Lipinski definition) is 2. The first-order valence-electron chi connectivity index (χ1n) is 6.73. The van der Waals surface area contributed by atoms with Crippen LogP contribution in [0.25, 0.3) is 0 Å². The van der Waals surface area contributed by atoms with Crippen molar-refractivity contribution >= 4 is 40.5 Å². The van der Waals surface area contributed by atoms with Gasteiger partial charge >= 0.3 is 0 Å². The van der Waals surface area contributed by atoms with Gasteiger partial charge in [0.15, 0.2) is 5.82 Å². The molecule has 0 unspecified atom stereocenters. The second kappa shape index (κ2) is 6.98. The average molecular weight is 343 g/mol. The number of halogens is 2. The SMILES string of the molecule is CC(C)c1noc(CCC(=O)Nc2cc(Cl)c(N)c(Cl)c2)n1. The molecule has 0 fully saturated rings. The van der Waals surface area contributed by atoms with E-state index in [2.05, 4.69) is 15.5 Å². The Hall–Kier alpha value is -1.79. The van der Waals surface area contributed by atoms with E-state index in [1.54, 1.807) is 12.1 Å². The van der Waals surface area contributed by atoms with Gasteiger partial charge in [-0.3, -0.25) is 4.79 Å². The van der Waals surface area contributed by atoms with E-state index in [0.717, 1.165) is 0 Å². The van der Waals surface area contributed by atoms with Gasteiger partial charge in [0.1, 0.15) is 0 Å². The summed E-state index contributed by atoms with van der Waals surface area (Å²) in [6.07, 6.45) is 0.571. The Morgan fingerprint density at radius 1 is 1.36 bits per heavy atom. The second-order valence-corrected chi connectivity index (χ2v) is 5.92. The quantitative estimate of drug-likeness (QED) is 0.808. The predicted molar refractivity (Wildman–Crippen MR) is 86.2 cm³/mol. The highest BCUT2D eigenvalue weighted by molar-refractivity contribution is 6.39. The van der Waals surface area contributed by atoms with Crippen molar-refractivity contribution in [3.05, 3.63) is 33.9 Å². The van der Waals surface area contributed by atoms with Crippen LogP contribution in [-0.2, 0) is 11.2 Å². The molecule has 1 amide bonds. The summed E-state index contributed by atoms with van der Waals surface area (Å²) >= 11 is 11.8. The second-order valence-electron chi connectivity index (χ2n) is 5.10. The minimum absolute atomic E-state index is 0.186. The van der Waals surface area contributed by atoms with E-state index in [1.165, 1.54) is 0 Å². The molecule has 0 bridgehead atoms. The van der Waals surface area contributed by atoms with Gasteiger partial charge in [-0.15, -0.1) is 0 Å². The monoisotopic (exact) mass is 342 g/mol. The van der Waals surface area contributed by atoms with Gasteiger partial charge in [0.2, 0.25) is 11.8 Å². The van der Waals surface area contributed by atoms with Crippen molar-refractivity contribution in [2.24, 2.45) is 0 Å². The summed E-state index contributed by atoms with van der Waals surface area (Å²) in [7, 11) is 0. The summed E-state index contributed by atoms with van der Waals surface area (Å²) in [5, 5.41) is 7.13. The van der Waals surface area contributed by atoms with Crippen molar-refractivity contribution in [2.45, 2.75) is 32.6 Å². The Morgan fingerprint density at radius 3 is 2.55 bits per heavy atom. The predicted octanol–water partition coefficient (Wildman–Crippen LogP) is 3.65. The van der Waals surface area contributed by atoms with E-state index < -0.39 is 0 Å². The van der Waals surface area contributed by atoms with Crippen molar-refractivity contribution < 1.29 is 9.32 Å². The van der Waals surface area contributed by atoms with E-state index >= 15 is 0 Å². The zero-order chi connectivity index (χ0) is 16.3. The lowest BCUT2D eigenvalue weighted by Crippen LogP contribution is -2.12. The average Bonchev–Trinajstić information content (AvgIpc) is 2.91. The molecule has 1 aromatic carbocycles. The number of amides is 1. The van der Waals surface area contributed by atoms with E-state index in [1.807, 2.05) is 13.8 Å². The first-order valence-corrected chi connectivity index (χ1v) is 7.49. The van der Waals surface area contributed by atoms with Gasteiger partial charge in [0.05, 0.1) is 15.7 Å². The highest BCUT2D eigenvalue weighted by Gasteiger charge is 2.12. The van der Waals surface area contributed by atoms with Crippen LogP contribution in [0.5, 0.6) is 0 Å². The largest absolute Gasteiger partial charge is 0.396 e. The zero-order valence-corrected chi connectivity index (χ0v) is 13.7. The number of hydrogen-bond acceptors (Lipinski definition) is 5. The summed E-state index contributed by atoms with van der Waals surface area (Å²) in [6, 6.07) is 3.09.